The highest BCUT2D eigenvalue weighted by Crippen LogP contribution is 2.15. The maximum Gasteiger partial charge on any atom is 0.338 e. The minimum Gasteiger partial charge on any atom is -0.387 e. The molecule has 0 aliphatic heterocycles. The standard InChI is InChI=1S/C44H78O3/c1-3-5-7-9-11-13-15-17-19-21-23-25-27-29-31-33-35-37-39-41-43(45)47-44(46)42-40-38-36-34-32-30-28-26-24-22-20-18-16-14-12-10-8-6-4-2/h35-42H,3-34H2,1-2H3. The predicted octanol–water partition coefficient (Wildman–Crippen LogP) is 14.8. The smallest absolute Gasteiger partial charge is 0.338 e. The monoisotopic (exact) mass is 655 g/mol. The van der Waals surface area contributed by atoms with E-state index in [9.17, 15) is 9.59 Å². The van der Waals surface area contributed by atoms with Crippen molar-refractivity contribution in [2.24, 2.45) is 0 Å². The average molecular weight is 655 g/mol. The van der Waals surface area contributed by atoms with E-state index in [1.807, 2.05) is 12.2 Å². The van der Waals surface area contributed by atoms with E-state index < -0.39 is 11.9 Å². The number of carbonyl (C=O) groups excluding carboxylic acids is 2. The van der Waals surface area contributed by atoms with Crippen LogP contribution in [-0.2, 0) is 14.3 Å². The van der Waals surface area contributed by atoms with Crippen molar-refractivity contribution in [2.45, 2.75) is 219 Å². The highest BCUT2D eigenvalue weighted by molar-refractivity contribution is 5.96. The highest BCUT2D eigenvalue weighted by atomic mass is 16.6. The largest absolute Gasteiger partial charge is 0.387 e. The lowest BCUT2D eigenvalue weighted by atomic mass is 10.0. The first-order chi connectivity index (χ1) is 23.2. The molecule has 0 bridgehead atoms. The van der Waals surface area contributed by atoms with E-state index in [4.69, 9.17) is 4.74 Å². The van der Waals surface area contributed by atoms with Gasteiger partial charge in [0, 0.05) is 12.2 Å². The van der Waals surface area contributed by atoms with Crippen molar-refractivity contribution in [1.82, 2.24) is 0 Å². The van der Waals surface area contributed by atoms with E-state index in [-0.39, 0.29) is 0 Å². The lowest BCUT2D eigenvalue weighted by molar-refractivity contribution is -0.152. The summed E-state index contributed by atoms with van der Waals surface area (Å²) >= 11 is 0. The maximum absolute atomic E-state index is 11.8. The van der Waals surface area contributed by atoms with Crippen LogP contribution < -0.4 is 0 Å². The van der Waals surface area contributed by atoms with Crippen molar-refractivity contribution in [3.05, 3.63) is 48.6 Å². The Kier molecular flexibility index (Phi) is 38.6. The van der Waals surface area contributed by atoms with E-state index >= 15 is 0 Å². The predicted molar refractivity (Wildman–Crippen MR) is 207 cm³/mol. The zero-order chi connectivity index (χ0) is 34.1. The lowest BCUT2D eigenvalue weighted by Gasteiger charge is -2.03. The normalized spacial score (nSPS) is 12.0. The molecule has 0 aliphatic rings. The number of unbranched alkanes of at least 4 members (excludes halogenated alkanes) is 30. The second-order valence-corrected chi connectivity index (χ2v) is 13.8. The second-order valence-electron chi connectivity index (χ2n) is 13.8. The summed E-state index contributed by atoms with van der Waals surface area (Å²) in [4.78, 5) is 23.6. The minimum absolute atomic E-state index is 0.627. The summed E-state index contributed by atoms with van der Waals surface area (Å²) in [7, 11) is 0. The van der Waals surface area contributed by atoms with Crippen molar-refractivity contribution in [3.8, 4) is 0 Å². The van der Waals surface area contributed by atoms with E-state index in [0.717, 1.165) is 12.8 Å². The Morgan fingerprint density at radius 3 is 0.830 bits per heavy atom. The van der Waals surface area contributed by atoms with Gasteiger partial charge in [0.25, 0.3) is 0 Å². The topological polar surface area (TPSA) is 43.4 Å². The van der Waals surface area contributed by atoms with Gasteiger partial charge in [-0.15, -0.1) is 0 Å². The summed E-state index contributed by atoms with van der Waals surface area (Å²) in [6, 6.07) is 0. The van der Waals surface area contributed by atoms with Gasteiger partial charge in [-0.2, -0.15) is 0 Å². The Bertz CT molecular complexity index is 711. The third-order valence-electron chi connectivity index (χ3n) is 9.11. The van der Waals surface area contributed by atoms with Gasteiger partial charge in [-0.3, -0.25) is 0 Å². The van der Waals surface area contributed by atoms with Crippen LogP contribution in [0.4, 0.5) is 0 Å². The zero-order valence-electron chi connectivity index (χ0n) is 31.5. The first-order valence-corrected chi connectivity index (χ1v) is 20.6. The molecule has 0 radical (unpaired) electrons. The van der Waals surface area contributed by atoms with Crippen LogP contribution in [0.15, 0.2) is 48.6 Å². The molecule has 272 valence electrons. The van der Waals surface area contributed by atoms with Crippen LogP contribution in [-0.4, -0.2) is 11.9 Å². The van der Waals surface area contributed by atoms with Crippen molar-refractivity contribution in [2.75, 3.05) is 0 Å². The third kappa shape index (κ3) is 40.2. The number of carbonyl (C=O) groups is 2. The number of allylic oxidation sites excluding steroid dienone is 6. The van der Waals surface area contributed by atoms with Crippen LogP contribution in [0, 0.1) is 0 Å². The van der Waals surface area contributed by atoms with Gasteiger partial charge >= 0.3 is 11.9 Å². The summed E-state index contributed by atoms with van der Waals surface area (Å²) in [5.74, 6) is -1.25. The van der Waals surface area contributed by atoms with E-state index in [2.05, 4.69) is 26.0 Å². The van der Waals surface area contributed by atoms with Gasteiger partial charge in [0.2, 0.25) is 0 Å². The number of ether oxygens (including phenoxy) is 1. The molecule has 0 aromatic carbocycles. The molecule has 0 amide bonds. The van der Waals surface area contributed by atoms with Crippen molar-refractivity contribution >= 4 is 11.9 Å². The molecule has 0 unspecified atom stereocenters. The molecule has 0 aromatic rings. The van der Waals surface area contributed by atoms with Crippen LogP contribution in [0.2, 0.25) is 0 Å². The van der Waals surface area contributed by atoms with Gasteiger partial charge in [0.1, 0.15) is 0 Å². The first kappa shape index (κ1) is 45.1. The van der Waals surface area contributed by atoms with Gasteiger partial charge in [-0.1, -0.05) is 230 Å². The summed E-state index contributed by atoms with van der Waals surface area (Å²) in [6.45, 7) is 4.56. The first-order valence-electron chi connectivity index (χ1n) is 20.6. The SMILES string of the molecule is CCCCCCCCCCCCCCCCCC=CC=CC(=O)OC(=O)C=CC=CCCCCCCCCCCCCCCCCC. The summed E-state index contributed by atoms with van der Waals surface area (Å²) in [5.41, 5.74) is 0. The van der Waals surface area contributed by atoms with Gasteiger partial charge in [-0.25, -0.2) is 9.59 Å². The number of hydrogen-bond acceptors (Lipinski definition) is 3. The Morgan fingerprint density at radius 2 is 0.574 bits per heavy atom. The molecule has 0 saturated heterocycles. The Labute approximate surface area is 293 Å². The van der Waals surface area contributed by atoms with Crippen LogP contribution >= 0.6 is 0 Å². The second kappa shape index (κ2) is 40.3. The molecule has 0 aliphatic carbocycles. The summed E-state index contributed by atoms with van der Waals surface area (Å²) in [5, 5.41) is 0. The lowest BCUT2D eigenvalue weighted by Crippen LogP contribution is -2.06. The van der Waals surface area contributed by atoms with Crippen LogP contribution in [0.5, 0.6) is 0 Å². The Balaban J connectivity index is 3.50. The fourth-order valence-corrected chi connectivity index (χ4v) is 6.05. The van der Waals surface area contributed by atoms with E-state index in [1.54, 1.807) is 12.2 Å². The zero-order valence-corrected chi connectivity index (χ0v) is 31.5. The Morgan fingerprint density at radius 1 is 0.340 bits per heavy atom. The van der Waals surface area contributed by atoms with E-state index in [1.165, 1.54) is 205 Å². The molecule has 0 saturated carbocycles. The van der Waals surface area contributed by atoms with E-state index in [0.29, 0.717) is 0 Å². The van der Waals surface area contributed by atoms with Crippen LogP contribution in [0.1, 0.15) is 219 Å². The third-order valence-corrected chi connectivity index (χ3v) is 9.11. The average Bonchev–Trinajstić information content (AvgIpc) is 3.06. The molecule has 0 N–H and O–H groups in total. The number of rotatable bonds is 36. The molecule has 3 nitrogen and oxygen atoms in total. The molecule has 0 heterocycles. The molecule has 0 rings (SSSR count). The quantitative estimate of drug-likeness (QED) is 0.0222. The van der Waals surface area contributed by atoms with Crippen molar-refractivity contribution in [1.29, 1.82) is 0 Å². The van der Waals surface area contributed by atoms with Gasteiger partial charge in [-0.05, 0) is 25.7 Å². The highest BCUT2D eigenvalue weighted by Gasteiger charge is 2.02. The fraction of sp³-hybridized carbons (Fsp3) is 0.773. The fourth-order valence-electron chi connectivity index (χ4n) is 6.05. The molecule has 0 aromatic heterocycles. The molecule has 0 atom stereocenters. The Hall–Kier alpha value is -1.90. The number of hydrogen-bond donors (Lipinski definition) is 0. The van der Waals surface area contributed by atoms with Crippen molar-refractivity contribution < 1.29 is 14.3 Å². The van der Waals surface area contributed by atoms with Crippen LogP contribution in [0.3, 0.4) is 0 Å². The van der Waals surface area contributed by atoms with Gasteiger partial charge in [0.05, 0.1) is 0 Å². The van der Waals surface area contributed by atoms with Crippen LogP contribution in [0.25, 0.3) is 0 Å². The minimum atomic E-state index is -0.627. The summed E-state index contributed by atoms with van der Waals surface area (Å²) in [6.07, 6.45) is 57.1. The molecular formula is C44H78O3. The molecule has 0 fully saturated rings. The molecule has 47 heavy (non-hydrogen) atoms. The molecular weight excluding hydrogens is 576 g/mol. The number of esters is 2. The van der Waals surface area contributed by atoms with Gasteiger partial charge < -0.3 is 4.74 Å². The molecule has 0 spiro atoms. The molecule has 3 heteroatoms. The summed E-state index contributed by atoms with van der Waals surface area (Å²) < 4.78 is 4.81. The maximum atomic E-state index is 11.8. The van der Waals surface area contributed by atoms with Gasteiger partial charge in [0.15, 0.2) is 0 Å². The van der Waals surface area contributed by atoms with Crippen molar-refractivity contribution in [3.63, 3.8) is 0 Å².